The van der Waals surface area contributed by atoms with Crippen LogP contribution in [-0.4, -0.2) is 26.9 Å². The largest absolute Gasteiger partial charge is 0.349 e. The van der Waals surface area contributed by atoms with Crippen LogP contribution in [0.15, 0.2) is 23.1 Å². The highest BCUT2D eigenvalue weighted by molar-refractivity contribution is 7.89. The Morgan fingerprint density at radius 2 is 2.04 bits per heavy atom. The lowest BCUT2D eigenvalue weighted by molar-refractivity contribution is 0.0914. The zero-order chi connectivity index (χ0) is 18.2. The molecule has 2 fully saturated rings. The van der Waals surface area contributed by atoms with Crippen molar-refractivity contribution in [3.05, 3.63) is 29.3 Å². The molecular weight excluding hydrogens is 336 g/mol. The van der Waals surface area contributed by atoms with E-state index < -0.39 is 10.0 Å². The first kappa shape index (κ1) is 18.4. The fourth-order valence-corrected chi connectivity index (χ4v) is 5.65. The second-order valence-corrected chi connectivity index (χ2v) is 9.35. The summed E-state index contributed by atoms with van der Waals surface area (Å²) in [4.78, 5) is 12.9. The molecule has 0 unspecified atom stereocenters. The summed E-state index contributed by atoms with van der Waals surface area (Å²) in [5.41, 5.74) is 1.22. The normalized spacial score (nSPS) is 26.6. The lowest BCUT2D eigenvalue weighted by atomic mass is 9.84. The second-order valence-electron chi connectivity index (χ2n) is 7.58. The van der Waals surface area contributed by atoms with Gasteiger partial charge in [0.05, 0.1) is 4.90 Å². The van der Waals surface area contributed by atoms with Crippen molar-refractivity contribution in [3.8, 4) is 0 Å². The van der Waals surface area contributed by atoms with Crippen molar-refractivity contribution in [1.82, 2.24) is 10.0 Å². The molecule has 0 spiro atoms. The summed E-state index contributed by atoms with van der Waals surface area (Å²) in [6, 6.07) is 4.84. The van der Waals surface area contributed by atoms with Crippen LogP contribution in [0.3, 0.4) is 0 Å². The van der Waals surface area contributed by atoms with Gasteiger partial charge >= 0.3 is 0 Å². The van der Waals surface area contributed by atoms with Crippen molar-refractivity contribution in [2.24, 2.45) is 17.8 Å². The van der Waals surface area contributed by atoms with E-state index in [0.29, 0.717) is 18.0 Å². The third kappa shape index (κ3) is 3.75. The highest BCUT2D eigenvalue weighted by atomic mass is 32.2. The van der Waals surface area contributed by atoms with E-state index in [1.165, 1.54) is 31.7 Å². The van der Waals surface area contributed by atoms with Gasteiger partial charge in [0.1, 0.15) is 0 Å². The fourth-order valence-electron chi connectivity index (χ4n) is 4.58. The zero-order valence-corrected chi connectivity index (χ0v) is 16.0. The van der Waals surface area contributed by atoms with Crippen LogP contribution in [-0.2, 0) is 10.0 Å². The van der Waals surface area contributed by atoms with E-state index in [1.54, 1.807) is 19.1 Å². The molecule has 3 rings (SSSR count). The average Bonchev–Trinajstić information content (AvgIpc) is 3.18. The lowest BCUT2D eigenvalue weighted by Crippen LogP contribution is -2.40. The molecule has 0 aliphatic heterocycles. The number of fused-ring (bicyclic) bond motifs is 2. The van der Waals surface area contributed by atoms with Crippen molar-refractivity contribution < 1.29 is 13.2 Å². The summed E-state index contributed by atoms with van der Waals surface area (Å²) in [5, 5.41) is 3.12. The molecule has 4 atom stereocenters. The summed E-state index contributed by atoms with van der Waals surface area (Å²) in [5.74, 6) is 1.95. The Kier molecular flexibility index (Phi) is 5.21. The van der Waals surface area contributed by atoms with Gasteiger partial charge in [-0.15, -0.1) is 0 Å². The Morgan fingerprint density at radius 3 is 2.64 bits per heavy atom. The highest BCUT2D eigenvalue weighted by Crippen LogP contribution is 2.49. The van der Waals surface area contributed by atoms with Crippen molar-refractivity contribution in [2.75, 3.05) is 6.54 Å². The molecule has 1 aromatic rings. The maximum atomic E-state index is 12.7. The van der Waals surface area contributed by atoms with Crippen molar-refractivity contribution in [3.63, 3.8) is 0 Å². The van der Waals surface area contributed by atoms with Crippen LogP contribution in [0, 0.1) is 24.7 Å². The predicted octanol–water partition coefficient (Wildman–Crippen LogP) is 2.85. The first-order valence-corrected chi connectivity index (χ1v) is 10.7. The van der Waals surface area contributed by atoms with Gasteiger partial charge in [-0.05, 0) is 68.6 Å². The van der Waals surface area contributed by atoms with E-state index >= 15 is 0 Å². The van der Waals surface area contributed by atoms with Crippen LogP contribution >= 0.6 is 0 Å². The van der Waals surface area contributed by atoms with Crippen molar-refractivity contribution in [2.45, 2.75) is 57.4 Å². The van der Waals surface area contributed by atoms with Gasteiger partial charge in [-0.25, -0.2) is 13.1 Å². The number of sulfonamides is 1. The molecule has 138 valence electrons. The van der Waals surface area contributed by atoms with Crippen molar-refractivity contribution in [1.29, 1.82) is 0 Å². The Bertz CT molecular complexity index is 760. The van der Waals surface area contributed by atoms with Gasteiger partial charge in [0.15, 0.2) is 0 Å². The number of carbonyl (C=O) groups excluding carboxylic acids is 1. The maximum Gasteiger partial charge on any atom is 0.251 e. The Morgan fingerprint density at radius 1 is 1.28 bits per heavy atom. The monoisotopic (exact) mass is 364 g/mol. The fraction of sp³-hybridized carbons (Fsp3) is 0.632. The molecule has 1 amide bonds. The second kappa shape index (κ2) is 7.08. The maximum absolute atomic E-state index is 12.7. The Hall–Kier alpha value is -1.40. The molecule has 0 aromatic heterocycles. The van der Waals surface area contributed by atoms with Gasteiger partial charge in [-0.2, -0.15) is 0 Å². The molecule has 2 N–H and O–H groups in total. The zero-order valence-electron chi connectivity index (χ0n) is 15.2. The van der Waals surface area contributed by atoms with Gasteiger partial charge in [-0.1, -0.05) is 19.4 Å². The van der Waals surface area contributed by atoms with Crippen LogP contribution in [0.25, 0.3) is 0 Å². The molecule has 0 saturated heterocycles. The molecule has 25 heavy (non-hydrogen) atoms. The van der Waals surface area contributed by atoms with Gasteiger partial charge in [0, 0.05) is 18.2 Å². The van der Waals surface area contributed by atoms with Crippen LogP contribution in [0.2, 0.25) is 0 Å². The average molecular weight is 365 g/mol. The summed E-state index contributed by atoms with van der Waals surface area (Å²) in [6.07, 6.45) is 5.14. The molecule has 5 nitrogen and oxygen atoms in total. The van der Waals surface area contributed by atoms with E-state index in [4.69, 9.17) is 0 Å². The summed E-state index contributed by atoms with van der Waals surface area (Å²) in [7, 11) is -3.56. The standard InChI is InChI=1S/C19H28N2O3S/c1-4-20-25(23,24)16-8-5-12(2)17(11-16)19(22)21-13(3)18-10-14-6-7-15(18)9-14/h5,8,11,13-15,18,20H,4,6-7,9-10H2,1-3H3,(H,21,22)/t13-,14-,15-,18+/m0/s1. The van der Waals surface area contributed by atoms with Gasteiger partial charge in [-0.3, -0.25) is 4.79 Å². The predicted molar refractivity (Wildman–Crippen MR) is 97.9 cm³/mol. The Labute approximate surface area is 150 Å². The molecule has 6 heteroatoms. The smallest absolute Gasteiger partial charge is 0.251 e. The summed E-state index contributed by atoms with van der Waals surface area (Å²) in [6.45, 7) is 5.97. The van der Waals surface area contributed by atoms with Crippen LogP contribution in [0.5, 0.6) is 0 Å². The minimum absolute atomic E-state index is 0.122. The van der Waals surface area contributed by atoms with E-state index in [1.807, 2.05) is 6.92 Å². The van der Waals surface area contributed by atoms with Gasteiger partial charge in [0.2, 0.25) is 10.0 Å². The highest BCUT2D eigenvalue weighted by Gasteiger charge is 2.42. The van der Waals surface area contributed by atoms with Gasteiger partial charge < -0.3 is 5.32 Å². The number of rotatable bonds is 6. The van der Waals surface area contributed by atoms with E-state index in [2.05, 4.69) is 17.0 Å². The Balaban J connectivity index is 1.75. The number of aryl methyl sites for hydroxylation is 1. The number of benzene rings is 1. The molecule has 2 aliphatic carbocycles. The number of carbonyl (C=O) groups is 1. The van der Waals surface area contributed by atoms with Gasteiger partial charge in [0.25, 0.3) is 5.91 Å². The van der Waals surface area contributed by atoms with E-state index in [-0.39, 0.29) is 16.8 Å². The summed E-state index contributed by atoms with van der Waals surface area (Å²) < 4.78 is 26.9. The van der Waals surface area contributed by atoms with Crippen LogP contribution in [0.1, 0.15) is 55.5 Å². The topological polar surface area (TPSA) is 75.3 Å². The number of hydrogen-bond donors (Lipinski definition) is 2. The molecule has 0 heterocycles. The first-order chi connectivity index (χ1) is 11.8. The van der Waals surface area contributed by atoms with Crippen LogP contribution < -0.4 is 10.0 Å². The molecule has 0 radical (unpaired) electrons. The minimum atomic E-state index is -3.56. The lowest BCUT2D eigenvalue weighted by Gasteiger charge is -2.28. The SMILES string of the molecule is CCNS(=O)(=O)c1ccc(C)c(C(=O)N[C@@H](C)[C@H]2C[C@H]3CC[C@H]2C3)c1. The third-order valence-corrected chi connectivity index (χ3v) is 7.44. The molecule has 2 saturated carbocycles. The minimum Gasteiger partial charge on any atom is -0.349 e. The molecule has 1 aromatic carbocycles. The van der Waals surface area contributed by atoms with Crippen LogP contribution in [0.4, 0.5) is 0 Å². The quantitative estimate of drug-likeness (QED) is 0.815. The molecule has 2 aliphatic rings. The summed E-state index contributed by atoms with van der Waals surface area (Å²) >= 11 is 0. The molecular formula is C19H28N2O3S. The number of amides is 1. The van der Waals surface area contributed by atoms with E-state index in [9.17, 15) is 13.2 Å². The first-order valence-electron chi connectivity index (χ1n) is 9.23. The van der Waals surface area contributed by atoms with E-state index in [0.717, 1.165) is 17.4 Å². The third-order valence-electron chi connectivity index (χ3n) is 5.89. The number of hydrogen-bond acceptors (Lipinski definition) is 3. The molecule has 2 bridgehead atoms. The van der Waals surface area contributed by atoms with Crippen molar-refractivity contribution >= 4 is 15.9 Å². The number of nitrogens with one attached hydrogen (secondary N) is 2.